The van der Waals surface area contributed by atoms with Gasteiger partial charge in [0.1, 0.15) is 0 Å². The lowest BCUT2D eigenvalue weighted by Crippen LogP contribution is -2.63. The molecule has 4 rings (SSSR count). The molecule has 8 heteroatoms. The zero-order chi connectivity index (χ0) is 18.2. The van der Waals surface area contributed by atoms with Crippen molar-refractivity contribution in [3.05, 3.63) is 18.2 Å². The number of fused-ring (bicyclic) bond motifs is 1. The average Bonchev–Trinajstić information content (AvgIpc) is 2.97. The van der Waals surface area contributed by atoms with Crippen LogP contribution >= 0.6 is 0 Å². The quantitative estimate of drug-likeness (QED) is 0.786. The maximum atomic E-state index is 13.3. The predicted molar refractivity (Wildman–Crippen MR) is 96.2 cm³/mol. The topological polar surface area (TPSA) is 68.3 Å². The van der Waals surface area contributed by atoms with Crippen LogP contribution in [-0.4, -0.2) is 75.8 Å². The van der Waals surface area contributed by atoms with Crippen LogP contribution in [-0.2, 0) is 14.8 Å². The summed E-state index contributed by atoms with van der Waals surface area (Å²) in [5, 5.41) is 0. The van der Waals surface area contributed by atoms with Gasteiger partial charge in [-0.1, -0.05) is 6.92 Å². The highest BCUT2D eigenvalue weighted by Gasteiger charge is 2.47. The van der Waals surface area contributed by atoms with Crippen LogP contribution in [0.15, 0.2) is 23.1 Å². The van der Waals surface area contributed by atoms with Gasteiger partial charge in [-0.2, -0.15) is 4.31 Å². The molecular formula is C18H26N2O5S. The van der Waals surface area contributed by atoms with Crippen LogP contribution in [0, 0.1) is 0 Å². The lowest BCUT2D eigenvalue weighted by molar-refractivity contribution is 0.0214. The Morgan fingerprint density at radius 3 is 2.65 bits per heavy atom. The SMILES string of the molecule is CCN1CCN(S(=O)(=O)c2ccc3c(c2)OCCCO3)CC12CCOC2. The molecule has 3 heterocycles. The minimum atomic E-state index is -3.59. The highest BCUT2D eigenvalue weighted by molar-refractivity contribution is 7.89. The Labute approximate surface area is 154 Å². The largest absolute Gasteiger partial charge is 0.490 e. The molecular weight excluding hydrogens is 356 g/mol. The second kappa shape index (κ2) is 6.99. The van der Waals surface area contributed by atoms with Gasteiger partial charge < -0.3 is 14.2 Å². The molecule has 1 atom stereocenters. The third kappa shape index (κ3) is 3.09. The van der Waals surface area contributed by atoms with Gasteiger partial charge >= 0.3 is 0 Å². The molecule has 0 saturated carbocycles. The van der Waals surface area contributed by atoms with Gasteiger partial charge in [-0.05, 0) is 25.1 Å². The van der Waals surface area contributed by atoms with E-state index in [1.165, 1.54) is 0 Å². The highest BCUT2D eigenvalue weighted by Crippen LogP contribution is 2.36. The number of hydrogen-bond donors (Lipinski definition) is 0. The molecule has 0 N–H and O–H groups in total. The number of hydrogen-bond acceptors (Lipinski definition) is 6. The molecule has 0 aromatic heterocycles. The second-order valence-corrected chi connectivity index (χ2v) is 9.04. The number of piperazine rings is 1. The minimum Gasteiger partial charge on any atom is -0.490 e. The highest BCUT2D eigenvalue weighted by atomic mass is 32.2. The molecule has 1 aromatic carbocycles. The summed E-state index contributed by atoms with van der Waals surface area (Å²) < 4.78 is 45.0. The van der Waals surface area contributed by atoms with Crippen LogP contribution < -0.4 is 9.47 Å². The third-order valence-electron chi connectivity index (χ3n) is 5.58. The zero-order valence-corrected chi connectivity index (χ0v) is 16.0. The second-order valence-electron chi connectivity index (χ2n) is 7.10. The molecule has 0 radical (unpaired) electrons. The van der Waals surface area contributed by atoms with Crippen molar-refractivity contribution in [2.45, 2.75) is 30.2 Å². The van der Waals surface area contributed by atoms with Crippen LogP contribution in [0.4, 0.5) is 0 Å². The van der Waals surface area contributed by atoms with Gasteiger partial charge in [-0.3, -0.25) is 4.90 Å². The van der Waals surface area contributed by atoms with Gasteiger partial charge in [0.15, 0.2) is 11.5 Å². The monoisotopic (exact) mass is 382 g/mol. The first-order valence-corrected chi connectivity index (χ1v) is 10.7. The Balaban J connectivity index is 1.61. The first-order valence-electron chi connectivity index (χ1n) is 9.28. The van der Waals surface area contributed by atoms with Crippen molar-refractivity contribution in [1.82, 2.24) is 9.21 Å². The van der Waals surface area contributed by atoms with Crippen LogP contribution in [0.3, 0.4) is 0 Å². The van der Waals surface area contributed by atoms with Crippen LogP contribution in [0.2, 0.25) is 0 Å². The van der Waals surface area contributed by atoms with Gasteiger partial charge in [0.05, 0.1) is 30.3 Å². The first-order chi connectivity index (χ1) is 12.5. The smallest absolute Gasteiger partial charge is 0.243 e. The lowest BCUT2D eigenvalue weighted by Gasteiger charge is -2.47. The number of rotatable bonds is 3. The fraction of sp³-hybridized carbons (Fsp3) is 0.667. The van der Waals surface area contributed by atoms with Crippen molar-refractivity contribution in [3.63, 3.8) is 0 Å². The number of benzene rings is 1. The lowest BCUT2D eigenvalue weighted by atomic mass is 9.94. The van der Waals surface area contributed by atoms with Crippen molar-refractivity contribution in [2.75, 3.05) is 52.6 Å². The number of sulfonamides is 1. The first kappa shape index (κ1) is 18.0. The third-order valence-corrected chi connectivity index (χ3v) is 7.42. The van der Waals surface area contributed by atoms with E-state index in [4.69, 9.17) is 14.2 Å². The Kier molecular flexibility index (Phi) is 4.85. The molecule has 3 aliphatic heterocycles. The predicted octanol–water partition coefficient (Wildman–Crippen LogP) is 1.33. The maximum absolute atomic E-state index is 13.3. The summed E-state index contributed by atoms with van der Waals surface area (Å²) in [5.41, 5.74) is -0.203. The minimum absolute atomic E-state index is 0.203. The van der Waals surface area contributed by atoms with E-state index in [1.54, 1.807) is 22.5 Å². The Morgan fingerprint density at radius 1 is 1.12 bits per heavy atom. The summed E-state index contributed by atoms with van der Waals surface area (Å²) in [6, 6.07) is 4.91. The van der Waals surface area contributed by atoms with Gasteiger partial charge in [0, 0.05) is 38.7 Å². The standard InChI is InChI=1S/C18H26N2O5S/c1-2-19-7-8-20(13-18(19)6-11-23-14-18)26(21,22)15-4-5-16-17(12-15)25-10-3-9-24-16/h4-5,12H,2-3,6-11,13-14H2,1H3. The molecule has 1 unspecified atom stereocenters. The van der Waals surface area contributed by atoms with E-state index in [-0.39, 0.29) is 10.4 Å². The van der Waals surface area contributed by atoms with E-state index in [0.29, 0.717) is 51.0 Å². The molecule has 0 aliphatic carbocycles. The van der Waals surface area contributed by atoms with E-state index < -0.39 is 10.0 Å². The van der Waals surface area contributed by atoms with Gasteiger partial charge in [-0.15, -0.1) is 0 Å². The summed E-state index contributed by atoms with van der Waals surface area (Å²) in [5.74, 6) is 1.12. The van der Waals surface area contributed by atoms with E-state index in [0.717, 1.165) is 25.9 Å². The van der Waals surface area contributed by atoms with Gasteiger partial charge in [0.25, 0.3) is 0 Å². The van der Waals surface area contributed by atoms with E-state index in [2.05, 4.69) is 11.8 Å². The maximum Gasteiger partial charge on any atom is 0.243 e. The Morgan fingerprint density at radius 2 is 1.92 bits per heavy atom. The number of nitrogens with zero attached hydrogens (tertiary/aromatic N) is 2. The van der Waals surface area contributed by atoms with Crippen molar-refractivity contribution in [3.8, 4) is 11.5 Å². The fourth-order valence-electron chi connectivity index (χ4n) is 4.10. The molecule has 26 heavy (non-hydrogen) atoms. The van der Waals surface area contributed by atoms with Crippen molar-refractivity contribution in [2.24, 2.45) is 0 Å². The normalized spacial score (nSPS) is 27.6. The van der Waals surface area contributed by atoms with Crippen LogP contribution in [0.5, 0.6) is 11.5 Å². The fourth-order valence-corrected chi connectivity index (χ4v) is 5.63. The molecule has 3 aliphatic rings. The van der Waals surface area contributed by atoms with E-state index >= 15 is 0 Å². The number of ether oxygens (including phenoxy) is 3. The van der Waals surface area contributed by atoms with Crippen molar-refractivity contribution < 1.29 is 22.6 Å². The summed E-state index contributed by atoms with van der Waals surface area (Å²) in [6.07, 6.45) is 1.66. The van der Waals surface area contributed by atoms with Crippen molar-refractivity contribution in [1.29, 1.82) is 0 Å². The molecule has 1 aromatic rings. The van der Waals surface area contributed by atoms with Crippen molar-refractivity contribution >= 4 is 10.0 Å². The van der Waals surface area contributed by atoms with Crippen LogP contribution in [0.1, 0.15) is 19.8 Å². The molecule has 2 fully saturated rings. The van der Waals surface area contributed by atoms with Crippen LogP contribution in [0.25, 0.3) is 0 Å². The number of likely N-dealkylation sites (N-methyl/N-ethyl adjacent to an activating group) is 1. The molecule has 1 spiro atoms. The molecule has 0 bridgehead atoms. The van der Waals surface area contributed by atoms with E-state index in [1.807, 2.05) is 0 Å². The molecule has 7 nitrogen and oxygen atoms in total. The Hall–Kier alpha value is -1.35. The van der Waals surface area contributed by atoms with Gasteiger partial charge in [-0.25, -0.2) is 8.42 Å². The molecule has 144 valence electrons. The molecule has 2 saturated heterocycles. The van der Waals surface area contributed by atoms with Gasteiger partial charge in [0.2, 0.25) is 10.0 Å². The Bertz CT molecular complexity index is 761. The molecule has 0 amide bonds. The summed E-state index contributed by atoms with van der Waals surface area (Å²) in [6.45, 7) is 7.11. The summed E-state index contributed by atoms with van der Waals surface area (Å²) >= 11 is 0. The van der Waals surface area contributed by atoms with E-state index in [9.17, 15) is 8.42 Å². The zero-order valence-electron chi connectivity index (χ0n) is 15.1. The summed E-state index contributed by atoms with van der Waals surface area (Å²) in [7, 11) is -3.59. The average molecular weight is 382 g/mol. The summed E-state index contributed by atoms with van der Waals surface area (Å²) in [4.78, 5) is 2.63.